The molecule has 0 unspecified atom stereocenters. The molecule has 0 heterocycles. The smallest absolute Gasteiger partial charge is 0.261 e. The molecule has 0 bridgehead atoms. The first-order chi connectivity index (χ1) is 13.0. The Labute approximate surface area is 167 Å². The lowest BCUT2D eigenvalue weighted by molar-refractivity contribution is -0.122. The molecule has 2 aromatic rings. The molecule has 7 heteroatoms. The highest BCUT2D eigenvalue weighted by atomic mass is 32.2. The fraction of sp³-hybridized carbons (Fsp3) is 0.381. The van der Waals surface area contributed by atoms with Gasteiger partial charge in [-0.3, -0.25) is 9.52 Å². The van der Waals surface area contributed by atoms with Crippen LogP contribution in [0.25, 0.3) is 0 Å². The molecule has 0 aromatic heterocycles. The summed E-state index contributed by atoms with van der Waals surface area (Å²) in [7, 11) is -3.68. The maximum atomic E-state index is 12.5. The summed E-state index contributed by atoms with van der Waals surface area (Å²) in [6.45, 7) is 7.41. The lowest BCUT2D eigenvalue weighted by Gasteiger charge is -2.23. The third-order valence-corrected chi connectivity index (χ3v) is 5.70. The number of carbonyl (C=O) groups excluding carboxylic acids is 1. The molecule has 0 atom stereocenters. The van der Waals surface area contributed by atoms with Crippen LogP contribution in [0.2, 0.25) is 0 Å². The summed E-state index contributed by atoms with van der Waals surface area (Å²) >= 11 is 0. The Kier molecular flexibility index (Phi) is 6.85. The van der Waals surface area contributed by atoms with Gasteiger partial charge in [0, 0.05) is 5.69 Å². The first-order valence-corrected chi connectivity index (χ1v) is 10.6. The van der Waals surface area contributed by atoms with E-state index in [1.54, 1.807) is 50.2 Å². The van der Waals surface area contributed by atoms with E-state index in [4.69, 9.17) is 0 Å². The highest BCUT2D eigenvalue weighted by molar-refractivity contribution is 7.92. The molecule has 28 heavy (non-hydrogen) atoms. The van der Waals surface area contributed by atoms with Gasteiger partial charge >= 0.3 is 0 Å². The fourth-order valence-corrected chi connectivity index (χ4v) is 3.64. The third-order valence-electron chi connectivity index (χ3n) is 4.30. The summed E-state index contributed by atoms with van der Waals surface area (Å²) in [5.74, 6) is 0.120. The second-order valence-corrected chi connectivity index (χ2v) is 9.48. The van der Waals surface area contributed by atoms with Crippen molar-refractivity contribution in [1.82, 2.24) is 5.32 Å². The first-order valence-electron chi connectivity index (χ1n) is 9.16. The largest absolute Gasteiger partial charge is 0.394 e. The second-order valence-electron chi connectivity index (χ2n) is 7.79. The fourth-order valence-electron chi connectivity index (χ4n) is 2.58. The Bertz CT molecular complexity index is 902. The number of aliphatic hydroxyl groups is 1. The number of amides is 1. The van der Waals surface area contributed by atoms with Crippen LogP contribution in [0.3, 0.4) is 0 Å². The number of hydrogen-bond acceptors (Lipinski definition) is 4. The van der Waals surface area contributed by atoms with Crippen LogP contribution >= 0.6 is 0 Å². The van der Waals surface area contributed by atoms with Gasteiger partial charge < -0.3 is 10.4 Å². The van der Waals surface area contributed by atoms with E-state index >= 15 is 0 Å². The van der Waals surface area contributed by atoms with Crippen molar-refractivity contribution in [3.63, 3.8) is 0 Å². The number of anilines is 1. The summed E-state index contributed by atoms with van der Waals surface area (Å²) in [6, 6.07) is 13.5. The SMILES string of the molecule is CC(C)c1ccc(S(=O)(=O)Nc2ccc(CC(=O)NC(C)(C)CO)cc2)cc1. The van der Waals surface area contributed by atoms with Crippen molar-refractivity contribution in [3.8, 4) is 0 Å². The van der Waals surface area contributed by atoms with E-state index in [9.17, 15) is 18.3 Å². The molecule has 1 amide bonds. The van der Waals surface area contributed by atoms with Crippen molar-refractivity contribution >= 4 is 21.6 Å². The van der Waals surface area contributed by atoms with Gasteiger partial charge in [0.25, 0.3) is 10.0 Å². The maximum Gasteiger partial charge on any atom is 0.261 e. The number of aliphatic hydroxyl groups excluding tert-OH is 1. The van der Waals surface area contributed by atoms with Crippen molar-refractivity contribution < 1.29 is 18.3 Å². The monoisotopic (exact) mass is 404 g/mol. The maximum absolute atomic E-state index is 12.5. The predicted octanol–water partition coefficient (Wildman–Crippen LogP) is 3.04. The van der Waals surface area contributed by atoms with Crippen LogP contribution in [0.15, 0.2) is 53.4 Å². The van der Waals surface area contributed by atoms with Crippen molar-refractivity contribution in [2.45, 2.75) is 50.5 Å². The van der Waals surface area contributed by atoms with Crippen LogP contribution in [0.5, 0.6) is 0 Å². The Balaban J connectivity index is 2.04. The molecule has 0 saturated carbocycles. The van der Waals surface area contributed by atoms with Gasteiger partial charge in [0.05, 0.1) is 23.5 Å². The van der Waals surface area contributed by atoms with Gasteiger partial charge in [0.2, 0.25) is 5.91 Å². The number of nitrogens with one attached hydrogen (secondary N) is 2. The molecule has 2 aromatic carbocycles. The molecule has 3 N–H and O–H groups in total. The van der Waals surface area contributed by atoms with Gasteiger partial charge in [-0.15, -0.1) is 0 Å². The lowest BCUT2D eigenvalue weighted by atomic mass is 10.0. The van der Waals surface area contributed by atoms with E-state index in [-0.39, 0.29) is 23.8 Å². The zero-order valence-electron chi connectivity index (χ0n) is 16.7. The predicted molar refractivity (Wildman–Crippen MR) is 111 cm³/mol. The minimum atomic E-state index is -3.68. The van der Waals surface area contributed by atoms with Crippen LogP contribution in [-0.2, 0) is 21.2 Å². The van der Waals surface area contributed by atoms with Gasteiger partial charge in [0.1, 0.15) is 0 Å². The molecule has 0 spiro atoms. The molecule has 0 fully saturated rings. The van der Waals surface area contributed by atoms with Gasteiger partial charge in [-0.25, -0.2) is 8.42 Å². The van der Waals surface area contributed by atoms with Crippen LogP contribution in [0.1, 0.15) is 44.7 Å². The zero-order valence-corrected chi connectivity index (χ0v) is 17.5. The van der Waals surface area contributed by atoms with E-state index in [1.165, 1.54) is 0 Å². The molecule has 0 aliphatic carbocycles. The summed E-state index contributed by atoms with van der Waals surface area (Å²) in [4.78, 5) is 12.2. The van der Waals surface area contributed by atoms with E-state index < -0.39 is 15.6 Å². The van der Waals surface area contributed by atoms with Gasteiger partial charge in [-0.1, -0.05) is 38.1 Å². The Morgan fingerprint density at radius 2 is 1.61 bits per heavy atom. The van der Waals surface area contributed by atoms with Gasteiger partial charge in [0.15, 0.2) is 0 Å². The molecule has 6 nitrogen and oxygen atoms in total. The van der Waals surface area contributed by atoms with Crippen LogP contribution in [-0.4, -0.2) is 31.6 Å². The Morgan fingerprint density at radius 1 is 1.04 bits per heavy atom. The molecular weight excluding hydrogens is 376 g/mol. The van der Waals surface area contributed by atoms with Crippen molar-refractivity contribution in [1.29, 1.82) is 0 Å². The van der Waals surface area contributed by atoms with Crippen LogP contribution in [0.4, 0.5) is 5.69 Å². The van der Waals surface area contributed by atoms with Crippen molar-refractivity contribution in [3.05, 3.63) is 59.7 Å². The summed E-state index contributed by atoms with van der Waals surface area (Å²) in [6.07, 6.45) is 0.146. The summed E-state index contributed by atoms with van der Waals surface area (Å²) in [5.41, 5.74) is 1.56. The first kappa shape index (κ1) is 21.9. The van der Waals surface area contributed by atoms with Gasteiger partial charge in [-0.05, 0) is 55.2 Å². The average Bonchev–Trinajstić information content (AvgIpc) is 2.62. The highest BCUT2D eigenvalue weighted by Crippen LogP contribution is 2.20. The molecule has 0 radical (unpaired) electrons. The molecule has 0 saturated heterocycles. The number of carbonyl (C=O) groups is 1. The zero-order chi connectivity index (χ0) is 20.9. The standard InChI is InChI=1S/C21H28N2O4S/c1-15(2)17-7-11-19(12-8-17)28(26,27)23-18-9-5-16(6-10-18)13-20(25)22-21(3,4)14-24/h5-12,15,23-24H,13-14H2,1-4H3,(H,22,25). The average molecular weight is 405 g/mol. The lowest BCUT2D eigenvalue weighted by Crippen LogP contribution is -2.46. The van der Waals surface area contributed by atoms with E-state index in [0.29, 0.717) is 11.6 Å². The molecule has 152 valence electrons. The number of benzene rings is 2. The highest BCUT2D eigenvalue weighted by Gasteiger charge is 2.19. The van der Waals surface area contributed by atoms with E-state index in [0.717, 1.165) is 11.1 Å². The molecule has 0 aliphatic heterocycles. The molecule has 0 aliphatic rings. The minimum absolute atomic E-state index is 0.146. The molecule has 2 rings (SSSR count). The molecular formula is C21H28N2O4S. The quantitative estimate of drug-likeness (QED) is 0.630. The van der Waals surface area contributed by atoms with Crippen molar-refractivity contribution in [2.24, 2.45) is 0 Å². The van der Waals surface area contributed by atoms with Gasteiger partial charge in [-0.2, -0.15) is 0 Å². The normalized spacial score (nSPS) is 12.1. The Morgan fingerprint density at radius 3 is 2.11 bits per heavy atom. The number of sulfonamides is 1. The third kappa shape index (κ3) is 6.07. The Hall–Kier alpha value is -2.38. The summed E-state index contributed by atoms with van der Waals surface area (Å²) < 4.78 is 27.6. The van der Waals surface area contributed by atoms with E-state index in [1.807, 2.05) is 26.0 Å². The van der Waals surface area contributed by atoms with E-state index in [2.05, 4.69) is 10.0 Å². The number of hydrogen-bond donors (Lipinski definition) is 3. The van der Waals surface area contributed by atoms with Crippen molar-refractivity contribution in [2.75, 3.05) is 11.3 Å². The van der Waals surface area contributed by atoms with Crippen LogP contribution in [0, 0.1) is 0 Å². The minimum Gasteiger partial charge on any atom is -0.394 e. The number of rotatable bonds is 8. The topological polar surface area (TPSA) is 95.5 Å². The second kappa shape index (κ2) is 8.75. The van der Waals surface area contributed by atoms with Crippen LogP contribution < -0.4 is 10.0 Å². The summed E-state index contributed by atoms with van der Waals surface area (Å²) in [5, 5.41) is 12.0.